The Labute approximate surface area is 174 Å². The lowest BCUT2D eigenvalue weighted by Crippen LogP contribution is -2.30. The summed E-state index contributed by atoms with van der Waals surface area (Å²) in [7, 11) is 0. The van der Waals surface area contributed by atoms with Crippen LogP contribution in [0.3, 0.4) is 0 Å². The van der Waals surface area contributed by atoms with Gasteiger partial charge in [0.25, 0.3) is 5.91 Å². The number of aromatic nitrogens is 1. The van der Waals surface area contributed by atoms with Crippen molar-refractivity contribution in [2.24, 2.45) is 0 Å². The number of hydrogen-bond acceptors (Lipinski definition) is 5. The van der Waals surface area contributed by atoms with E-state index in [1.165, 1.54) is 6.92 Å². The fraction of sp³-hybridized carbons (Fsp3) is 0.217. The Bertz CT molecular complexity index is 1100. The van der Waals surface area contributed by atoms with Crippen molar-refractivity contribution in [1.82, 2.24) is 4.57 Å². The summed E-state index contributed by atoms with van der Waals surface area (Å²) in [5.41, 5.74) is 3.59. The Morgan fingerprint density at radius 2 is 1.77 bits per heavy atom. The maximum atomic E-state index is 12.7. The zero-order valence-corrected chi connectivity index (χ0v) is 17.0. The number of rotatable bonds is 5. The van der Waals surface area contributed by atoms with E-state index in [1.54, 1.807) is 24.3 Å². The van der Waals surface area contributed by atoms with Crippen molar-refractivity contribution in [3.05, 3.63) is 71.5 Å². The molecule has 7 heteroatoms. The normalized spacial score (nSPS) is 13.0. The van der Waals surface area contributed by atoms with Crippen LogP contribution in [0.25, 0.3) is 5.69 Å². The number of fused-ring (bicyclic) bond motifs is 1. The number of aryl methyl sites for hydroxylation is 1. The van der Waals surface area contributed by atoms with Gasteiger partial charge in [0.15, 0.2) is 17.6 Å². The Hall–Kier alpha value is -3.74. The van der Waals surface area contributed by atoms with Gasteiger partial charge < -0.3 is 24.1 Å². The third kappa shape index (κ3) is 3.74. The molecule has 4 rings (SSSR count). The standard InChI is InChI=1S/C23H22N2O5/c1-14-11-19(15(2)25(14)18-7-5-4-6-8-18)23(27)30-16(3)22(26)24-17-9-10-20-21(12-17)29-13-28-20/h4-12,16H,13H2,1-3H3,(H,24,26)/t16-/m1/s1. The molecular weight excluding hydrogens is 384 g/mol. The van der Waals surface area contributed by atoms with Gasteiger partial charge >= 0.3 is 5.97 Å². The predicted molar refractivity (Wildman–Crippen MR) is 111 cm³/mol. The monoisotopic (exact) mass is 406 g/mol. The topological polar surface area (TPSA) is 78.8 Å². The lowest BCUT2D eigenvalue weighted by atomic mass is 10.2. The van der Waals surface area contributed by atoms with Crippen LogP contribution >= 0.6 is 0 Å². The fourth-order valence-corrected chi connectivity index (χ4v) is 3.44. The van der Waals surface area contributed by atoms with Crippen molar-refractivity contribution < 1.29 is 23.8 Å². The number of para-hydroxylation sites is 1. The van der Waals surface area contributed by atoms with Crippen LogP contribution in [0.4, 0.5) is 5.69 Å². The SMILES string of the molecule is Cc1cc(C(=O)O[C@H](C)C(=O)Nc2ccc3c(c2)OCO3)c(C)n1-c1ccccc1. The molecule has 0 radical (unpaired) electrons. The molecule has 0 bridgehead atoms. The summed E-state index contributed by atoms with van der Waals surface area (Å²) in [4.78, 5) is 25.2. The summed E-state index contributed by atoms with van der Waals surface area (Å²) in [5.74, 6) is 0.213. The molecular formula is C23H22N2O5. The Kier molecular flexibility index (Phi) is 5.18. The smallest absolute Gasteiger partial charge is 0.340 e. The van der Waals surface area contributed by atoms with Gasteiger partial charge in [-0.25, -0.2) is 4.79 Å². The highest BCUT2D eigenvalue weighted by molar-refractivity contribution is 5.98. The van der Waals surface area contributed by atoms with Crippen LogP contribution in [0.15, 0.2) is 54.6 Å². The molecule has 1 N–H and O–H groups in total. The van der Waals surface area contributed by atoms with E-state index >= 15 is 0 Å². The first-order valence-corrected chi connectivity index (χ1v) is 9.60. The number of carbonyl (C=O) groups excluding carboxylic acids is 2. The minimum Gasteiger partial charge on any atom is -0.454 e. The number of ether oxygens (including phenoxy) is 3. The zero-order chi connectivity index (χ0) is 21.3. The summed E-state index contributed by atoms with van der Waals surface area (Å²) < 4.78 is 18.0. The van der Waals surface area contributed by atoms with Crippen molar-refractivity contribution in [3.63, 3.8) is 0 Å². The average molecular weight is 406 g/mol. The number of esters is 1. The van der Waals surface area contributed by atoms with Gasteiger partial charge in [0.1, 0.15) is 0 Å². The number of carbonyl (C=O) groups is 2. The molecule has 1 amide bonds. The molecule has 1 aromatic heterocycles. The van der Waals surface area contributed by atoms with E-state index in [0.717, 1.165) is 17.1 Å². The van der Waals surface area contributed by atoms with Gasteiger partial charge in [0.05, 0.1) is 5.56 Å². The highest BCUT2D eigenvalue weighted by Gasteiger charge is 2.23. The summed E-state index contributed by atoms with van der Waals surface area (Å²) in [6.07, 6.45) is -0.970. The first kappa shape index (κ1) is 19.6. The second-order valence-corrected chi connectivity index (χ2v) is 7.06. The Morgan fingerprint density at radius 3 is 2.53 bits per heavy atom. The molecule has 0 fully saturated rings. The van der Waals surface area contributed by atoms with Crippen molar-refractivity contribution >= 4 is 17.6 Å². The van der Waals surface area contributed by atoms with Crippen molar-refractivity contribution in [1.29, 1.82) is 0 Å². The van der Waals surface area contributed by atoms with Gasteiger partial charge in [-0.3, -0.25) is 4.79 Å². The molecule has 30 heavy (non-hydrogen) atoms. The quantitative estimate of drug-likeness (QED) is 0.648. The summed E-state index contributed by atoms with van der Waals surface area (Å²) in [6.45, 7) is 5.47. The molecule has 3 aromatic rings. The van der Waals surface area contributed by atoms with E-state index < -0.39 is 18.0 Å². The number of hydrogen-bond donors (Lipinski definition) is 1. The molecule has 7 nitrogen and oxygen atoms in total. The fourth-order valence-electron chi connectivity index (χ4n) is 3.44. The van der Waals surface area contributed by atoms with Gasteiger partial charge in [-0.15, -0.1) is 0 Å². The molecule has 2 heterocycles. The number of nitrogens with zero attached hydrogens (tertiary/aromatic N) is 1. The molecule has 0 saturated heterocycles. The summed E-state index contributed by atoms with van der Waals surface area (Å²) in [5, 5.41) is 2.73. The van der Waals surface area contributed by atoms with Crippen LogP contribution in [0, 0.1) is 13.8 Å². The van der Waals surface area contributed by atoms with Crippen molar-refractivity contribution in [2.75, 3.05) is 12.1 Å². The molecule has 0 spiro atoms. The maximum Gasteiger partial charge on any atom is 0.340 e. The number of anilines is 1. The first-order valence-electron chi connectivity index (χ1n) is 9.60. The molecule has 1 atom stereocenters. The third-order valence-electron chi connectivity index (χ3n) is 4.96. The van der Waals surface area contributed by atoms with Gasteiger partial charge in [-0.05, 0) is 51.1 Å². The molecule has 0 saturated carbocycles. The van der Waals surface area contributed by atoms with Gasteiger partial charge in [-0.2, -0.15) is 0 Å². The van der Waals surface area contributed by atoms with E-state index in [4.69, 9.17) is 14.2 Å². The van der Waals surface area contributed by atoms with E-state index in [-0.39, 0.29) is 6.79 Å². The lowest BCUT2D eigenvalue weighted by Gasteiger charge is -2.14. The Balaban J connectivity index is 1.45. The predicted octanol–water partition coefficient (Wildman–Crippen LogP) is 4.01. The largest absolute Gasteiger partial charge is 0.454 e. The maximum absolute atomic E-state index is 12.7. The highest BCUT2D eigenvalue weighted by Crippen LogP contribution is 2.34. The van der Waals surface area contributed by atoms with E-state index in [9.17, 15) is 9.59 Å². The second kappa shape index (κ2) is 7.94. The average Bonchev–Trinajstić information content (AvgIpc) is 3.32. The first-order chi connectivity index (χ1) is 14.4. The number of amides is 1. The van der Waals surface area contributed by atoms with Crippen molar-refractivity contribution in [3.8, 4) is 17.2 Å². The van der Waals surface area contributed by atoms with Crippen LogP contribution in [-0.4, -0.2) is 29.3 Å². The van der Waals surface area contributed by atoms with Crippen LogP contribution in [-0.2, 0) is 9.53 Å². The lowest BCUT2D eigenvalue weighted by molar-refractivity contribution is -0.123. The zero-order valence-electron chi connectivity index (χ0n) is 17.0. The van der Waals surface area contributed by atoms with Crippen LogP contribution in [0.5, 0.6) is 11.5 Å². The van der Waals surface area contributed by atoms with Crippen LogP contribution < -0.4 is 14.8 Å². The van der Waals surface area contributed by atoms with Gasteiger partial charge in [0, 0.05) is 28.8 Å². The Morgan fingerprint density at radius 1 is 1.03 bits per heavy atom. The second-order valence-electron chi connectivity index (χ2n) is 7.06. The van der Waals surface area contributed by atoms with Crippen molar-refractivity contribution in [2.45, 2.75) is 26.9 Å². The van der Waals surface area contributed by atoms with Crippen LogP contribution in [0.1, 0.15) is 28.7 Å². The van der Waals surface area contributed by atoms with E-state index in [1.807, 2.05) is 48.7 Å². The van der Waals surface area contributed by atoms with Crippen LogP contribution in [0.2, 0.25) is 0 Å². The van der Waals surface area contributed by atoms with Gasteiger partial charge in [-0.1, -0.05) is 18.2 Å². The number of benzene rings is 2. The molecule has 0 aliphatic carbocycles. The number of nitrogens with one attached hydrogen (secondary N) is 1. The molecule has 1 aliphatic rings. The molecule has 1 aliphatic heterocycles. The summed E-state index contributed by atoms with van der Waals surface area (Å²) in [6, 6.07) is 16.6. The van der Waals surface area contributed by atoms with Gasteiger partial charge in [0.2, 0.25) is 6.79 Å². The summed E-state index contributed by atoms with van der Waals surface area (Å²) >= 11 is 0. The molecule has 154 valence electrons. The van der Waals surface area contributed by atoms with E-state index in [2.05, 4.69) is 5.32 Å². The highest BCUT2D eigenvalue weighted by atomic mass is 16.7. The molecule has 0 unspecified atom stereocenters. The van der Waals surface area contributed by atoms with E-state index in [0.29, 0.717) is 22.7 Å². The third-order valence-corrected chi connectivity index (χ3v) is 4.96. The minimum atomic E-state index is -0.970. The minimum absolute atomic E-state index is 0.155. The molecule has 2 aromatic carbocycles.